The predicted molar refractivity (Wildman–Crippen MR) is 111 cm³/mol. The van der Waals surface area contributed by atoms with Crippen LogP contribution in [0, 0.1) is 18.3 Å². The Bertz CT molecular complexity index is 819. The second kappa shape index (κ2) is 9.09. The van der Waals surface area contributed by atoms with Crippen LogP contribution in [0.3, 0.4) is 0 Å². The van der Waals surface area contributed by atoms with Crippen molar-refractivity contribution in [1.29, 1.82) is 5.26 Å². The van der Waals surface area contributed by atoms with E-state index < -0.39 is 0 Å². The van der Waals surface area contributed by atoms with Gasteiger partial charge in [0.15, 0.2) is 5.96 Å². The fourth-order valence-electron chi connectivity index (χ4n) is 3.41. The molecule has 1 aliphatic rings. The Morgan fingerprint density at radius 2 is 2.07 bits per heavy atom. The molecule has 27 heavy (non-hydrogen) atoms. The van der Waals surface area contributed by atoms with Crippen molar-refractivity contribution in [1.82, 2.24) is 10.6 Å². The molecule has 0 spiro atoms. The summed E-state index contributed by atoms with van der Waals surface area (Å²) in [7, 11) is 1.79. The molecule has 1 atom stereocenters. The molecule has 1 saturated heterocycles. The van der Waals surface area contributed by atoms with E-state index in [9.17, 15) is 0 Å². The highest BCUT2D eigenvalue weighted by molar-refractivity contribution is 5.80. The molecule has 0 bridgehead atoms. The largest absolute Gasteiger partial charge is 0.369 e. The fourth-order valence-corrected chi connectivity index (χ4v) is 3.41. The van der Waals surface area contributed by atoms with Gasteiger partial charge in [-0.15, -0.1) is 0 Å². The van der Waals surface area contributed by atoms with Gasteiger partial charge in [0.25, 0.3) is 0 Å². The third kappa shape index (κ3) is 5.24. The van der Waals surface area contributed by atoms with Gasteiger partial charge >= 0.3 is 0 Å². The first-order chi connectivity index (χ1) is 13.2. The summed E-state index contributed by atoms with van der Waals surface area (Å²) in [6.07, 6.45) is 2.29. The summed E-state index contributed by atoms with van der Waals surface area (Å²) in [4.78, 5) is 6.79. The number of rotatable bonds is 4. The van der Waals surface area contributed by atoms with Crippen LogP contribution in [0.5, 0.6) is 0 Å². The van der Waals surface area contributed by atoms with Crippen molar-refractivity contribution in [2.24, 2.45) is 4.99 Å². The van der Waals surface area contributed by atoms with Crippen LogP contribution in [-0.2, 0) is 6.54 Å². The highest BCUT2D eigenvalue weighted by atomic mass is 15.2. The van der Waals surface area contributed by atoms with Gasteiger partial charge in [0, 0.05) is 38.4 Å². The Hall–Kier alpha value is -3.00. The van der Waals surface area contributed by atoms with Crippen molar-refractivity contribution in [2.75, 3.05) is 25.0 Å². The third-order valence-corrected chi connectivity index (χ3v) is 4.90. The van der Waals surface area contributed by atoms with E-state index in [1.54, 1.807) is 7.05 Å². The summed E-state index contributed by atoms with van der Waals surface area (Å²) in [5, 5.41) is 15.9. The fraction of sp³-hybridized carbons (Fsp3) is 0.364. The quantitative estimate of drug-likeness (QED) is 0.648. The van der Waals surface area contributed by atoms with Gasteiger partial charge in [-0.25, -0.2) is 0 Å². The van der Waals surface area contributed by atoms with Crippen LogP contribution in [0.1, 0.15) is 29.5 Å². The minimum absolute atomic E-state index is 0.358. The minimum atomic E-state index is 0.358. The van der Waals surface area contributed by atoms with E-state index in [1.165, 1.54) is 11.3 Å². The lowest BCUT2D eigenvalue weighted by molar-refractivity contribution is 0.468. The lowest BCUT2D eigenvalue weighted by Gasteiger charge is -2.35. The van der Waals surface area contributed by atoms with Gasteiger partial charge in [0.2, 0.25) is 0 Å². The number of aliphatic imine (C=N–C) groups is 1. The Labute approximate surface area is 161 Å². The smallest absolute Gasteiger partial charge is 0.191 e. The Balaban J connectivity index is 1.56. The Kier molecular flexibility index (Phi) is 6.32. The maximum absolute atomic E-state index is 9.02. The topological polar surface area (TPSA) is 63.5 Å². The van der Waals surface area contributed by atoms with E-state index in [4.69, 9.17) is 5.26 Å². The number of anilines is 1. The van der Waals surface area contributed by atoms with Gasteiger partial charge < -0.3 is 15.5 Å². The number of hydrogen-bond donors (Lipinski definition) is 2. The highest BCUT2D eigenvalue weighted by Crippen LogP contribution is 2.20. The molecule has 2 aromatic rings. The molecule has 2 aromatic carbocycles. The number of guanidine groups is 1. The maximum atomic E-state index is 9.02. The molecular weight excluding hydrogens is 334 g/mol. The summed E-state index contributed by atoms with van der Waals surface area (Å²) in [5.74, 6) is 0.799. The van der Waals surface area contributed by atoms with Crippen LogP contribution in [0.2, 0.25) is 0 Å². The second-order valence-corrected chi connectivity index (χ2v) is 7.00. The van der Waals surface area contributed by atoms with E-state index in [-0.39, 0.29) is 0 Å². The zero-order chi connectivity index (χ0) is 19.1. The van der Waals surface area contributed by atoms with Crippen LogP contribution in [-0.4, -0.2) is 32.1 Å². The average molecular weight is 361 g/mol. The second-order valence-electron chi connectivity index (χ2n) is 7.00. The minimum Gasteiger partial charge on any atom is -0.369 e. The van der Waals surface area contributed by atoms with Gasteiger partial charge in [0.05, 0.1) is 11.6 Å². The average Bonchev–Trinajstić information content (AvgIpc) is 2.72. The van der Waals surface area contributed by atoms with Crippen LogP contribution in [0.15, 0.2) is 53.5 Å². The molecule has 5 heteroatoms. The first-order valence-corrected chi connectivity index (χ1v) is 9.46. The van der Waals surface area contributed by atoms with Gasteiger partial charge in [-0.1, -0.05) is 29.8 Å². The molecule has 0 radical (unpaired) electrons. The van der Waals surface area contributed by atoms with Crippen molar-refractivity contribution in [3.05, 3.63) is 65.2 Å². The molecule has 1 heterocycles. The Morgan fingerprint density at radius 1 is 1.26 bits per heavy atom. The molecule has 1 fully saturated rings. The zero-order valence-corrected chi connectivity index (χ0v) is 16.1. The summed E-state index contributed by atoms with van der Waals surface area (Å²) in [5.41, 5.74) is 4.32. The molecule has 0 amide bonds. The molecule has 0 saturated carbocycles. The first-order valence-electron chi connectivity index (χ1n) is 9.46. The van der Waals surface area contributed by atoms with E-state index >= 15 is 0 Å². The number of benzene rings is 2. The SMILES string of the molecule is CN=C(NCc1cccc(C#N)c1)NC1CCCN(c2ccc(C)cc2)C1. The van der Waals surface area contributed by atoms with Gasteiger partial charge in [-0.05, 0) is 49.6 Å². The molecule has 0 aromatic heterocycles. The number of nitrogens with one attached hydrogen (secondary N) is 2. The van der Waals surface area contributed by atoms with Gasteiger partial charge in [-0.3, -0.25) is 4.99 Å². The summed E-state index contributed by atoms with van der Waals surface area (Å²) < 4.78 is 0. The zero-order valence-electron chi connectivity index (χ0n) is 16.1. The van der Waals surface area contributed by atoms with Gasteiger partial charge in [0.1, 0.15) is 0 Å². The van der Waals surface area contributed by atoms with E-state index in [2.05, 4.69) is 57.8 Å². The summed E-state index contributed by atoms with van der Waals surface area (Å²) >= 11 is 0. The van der Waals surface area contributed by atoms with E-state index in [1.807, 2.05) is 24.3 Å². The lowest BCUT2D eigenvalue weighted by Crippen LogP contribution is -2.51. The number of nitriles is 1. The number of nitrogens with zero attached hydrogens (tertiary/aromatic N) is 3. The molecule has 2 N–H and O–H groups in total. The first kappa shape index (κ1) is 18.8. The van der Waals surface area contributed by atoms with Crippen molar-refractivity contribution in [3.8, 4) is 6.07 Å². The van der Waals surface area contributed by atoms with Crippen LogP contribution >= 0.6 is 0 Å². The standard InChI is InChI=1S/C22H27N5/c1-17-8-10-21(11-9-17)27-12-4-7-20(16-27)26-22(24-2)25-15-19-6-3-5-18(13-19)14-23/h3,5-6,8-11,13,20H,4,7,12,15-16H2,1-2H3,(H2,24,25,26). The van der Waals surface area contributed by atoms with E-state index in [0.717, 1.165) is 37.5 Å². The monoisotopic (exact) mass is 361 g/mol. The lowest BCUT2D eigenvalue weighted by atomic mass is 10.0. The van der Waals surface area contributed by atoms with Crippen molar-refractivity contribution in [3.63, 3.8) is 0 Å². The van der Waals surface area contributed by atoms with Crippen molar-refractivity contribution < 1.29 is 0 Å². The predicted octanol–water partition coefficient (Wildman–Crippen LogP) is 3.20. The molecule has 1 aliphatic heterocycles. The maximum Gasteiger partial charge on any atom is 0.191 e. The number of hydrogen-bond acceptors (Lipinski definition) is 3. The van der Waals surface area contributed by atoms with Crippen LogP contribution in [0.25, 0.3) is 0 Å². The number of piperidine rings is 1. The molecule has 140 valence electrons. The molecular formula is C22H27N5. The van der Waals surface area contributed by atoms with Crippen molar-refractivity contribution in [2.45, 2.75) is 32.4 Å². The third-order valence-electron chi connectivity index (χ3n) is 4.90. The van der Waals surface area contributed by atoms with Crippen LogP contribution in [0.4, 0.5) is 5.69 Å². The van der Waals surface area contributed by atoms with Crippen LogP contribution < -0.4 is 15.5 Å². The molecule has 3 rings (SSSR count). The van der Waals surface area contributed by atoms with E-state index in [0.29, 0.717) is 18.2 Å². The Morgan fingerprint density at radius 3 is 2.81 bits per heavy atom. The van der Waals surface area contributed by atoms with Gasteiger partial charge in [-0.2, -0.15) is 5.26 Å². The highest BCUT2D eigenvalue weighted by Gasteiger charge is 2.20. The molecule has 0 aliphatic carbocycles. The normalized spacial score (nSPS) is 17.3. The molecule has 1 unspecified atom stereocenters. The van der Waals surface area contributed by atoms with Crippen molar-refractivity contribution >= 4 is 11.6 Å². The number of aryl methyl sites for hydroxylation is 1. The summed E-state index contributed by atoms with van der Waals surface area (Å²) in [6.45, 7) is 4.82. The molecule has 5 nitrogen and oxygen atoms in total. The summed E-state index contributed by atoms with van der Waals surface area (Å²) in [6, 6.07) is 18.9.